The number of imide groups is 1. The molecule has 10 heteroatoms. The summed E-state index contributed by atoms with van der Waals surface area (Å²) in [5.41, 5.74) is -0.642. The van der Waals surface area contributed by atoms with E-state index in [1.165, 1.54) is 30.5 Å². The van der Waals surface area contributed by atoms with Crippen LogP contribution in [0, 0.1) is 6.92 Å². The third kappa shape index (κ3) is 4.11. The lowest BCUT2D eigenvalue weighted by molar-refractivity contribution is 0.0857. The molecule has 0 saturated carbocycles. The molecule has 0 N–H and O–H groups in total. The van der Waals surface area contributed by atoms with Gasteiger partial charge in [-0.3, -0.25) is 14.4 Å². The van der Waals surface area contributed by atoms with Crippen LogP contribution in [0.2, 0.25) is 20.1 Å². The number of hydrogen-bond donors (Lipinski definition) is 0. The highest BCUT2D eigenvalue weighted by Gasteiger charge is 2.33. The molecular weight excluding hydrogens is 508 g/mol. The minimum absolute atomic E-state index is 0.00600. The lowest BCUT2D eigenvalue weighted by Crippen LogP contribution is -2.51. The first-order valence-electron chi connectivity index (χ1n) is 9.47. The van der Waals surface area contributed by atoms with E-state index >= 15 is 0 Å². The van der Waals surface area contributed by atoms with Crippen molar-refractivity contribution in [2.24, 2.45) is 0 Å². The molecule has 0 aliphatic carbocycles. The van der Waals surface area contributed by atoms with E-state index in [0.29, 0.717) is 10.4 Å². The summed E-state index contributed by atoms with van der Waals surface area (Å²) in [5.74, 6) is -1.91. The van der Waals surface area contributed by atoms with Crippen molar-refractivity contribution in [1.29, 1.82) is 0 Å². The zero-order valence-corrected chi connectivity index (χ0v) is 19.9. The Bertz CT molecular complexity index is 1400. The van der Waals surface area contributed by atoms with Gasteiger partial charge in [0.25, 0.3) is 17.4 Å². The number of aromatic nitrogens is 2. The molecule has 0 radical (unpaired) electrons. The Balaban J connectivity index is 2.09. The van der Waals surface area contributed by atoms with Crippen molar-refractivity contribution < 1.29 is 9.59 Å². The van der Waals surface area contributed by atoms with Crippen molar-refractivity contribution in [1.82, 2.24) is 9.66 Å². The number of rotatable bonds is 3. The van der Waals surface area contributed by atoms with E-state index in [-0.39, 0.29) is 42.4 Å². The van der Waals surface area contributed by atoms with Crippen molar-refractivity contribution in [2.45, 2.75) is 6.92 Å². The van der Waals surface area contributed by atoms with Gasteiger partial charge in [-0.05, 0) is 49.4 Å². The van der Waals surface area contributed by atoms with E-state index in [2.05, 4.69) is 4.98 Å². The van der Waals surface area contributed by atoms with Gasteiger partial charge in [0.1, 0.15) is 0 Å². The van der Waals surface area contributed by atoms with E-state index < -0.39 is 17.4 Å². The van der Waals surface area contributed by atoms with Gasteiger partial charge < -0.3 is 0 Å². The van der Waals surface area contributed by atoms with Crippen LogP contribution in [-0.2, 0) is 0 Å². The number of aryl methyl sites for hydroxylation is 1. The zero-order chi connectivity index (χ0) is 23.9. The van der Waals surface area contributed by atoms with Crippen LogP contribution in [0.25, 0.3) is 11.0 Å². The monoisotopic (exact) mass is 519 g/mol. The van der Waals surface area contributed by atoms with E-state index in [9.17, 15) is 14.4 Å². The van der Waals surface area contributed by atoms with Crippen molar-refractivity contribution >= 4 is 69.3 Å². The molecule has 0 atom stereocenters. The average molecular weight is 521 g/mol. The summed E-state index contributed by atoms with van der Waals surface area (Å²) in [6.07, 6.45) is 1.44. The van der Waals surface area contributed by atoms with Gasteiger partial charge in [-0.25, -0.2) is 4.98 Å². The SMILES string of the molecule is Cc1cc2cccnc2n(N(C(=O)c2c(Cl)cccc2Cl)C(=O)c2c(Cl)cccc2Cl)c1=O. The molecule has 2 amide bonds. The Hall–Kier alpha value is -2.90. The second-order valence-electron chi connectivity index (χ2n) is 6.98. The summed E-state index contributed by atoms with van der Waals surface area (Å²) in [6.45, 7) is 1.56. The molecule has 4 aromatic rings. The highest BCUT2D eigenvalue weighted by Crippen LogP contribution is 2.29. The molecule has 0 aliphatic heterocycles. The first-order valence-corrected chi connectivity index (χ1v) is 11.0. The molecule has 33 heavy (non-hydrogen) atoms. The lowest BCUT2D eigenvalue weighted by Gasteiger charge is -2.25. The average Bonchev–Trinajstić information content (AvgIpc) is 2.76. The summed E-state index contributed by atoms with van der Waals surface area (Å²) in [6, 6.07) is 13.9. The van der Waals surface area contributed by atoms with Crippen LogP contribution in [-0.4, -0.2) is 21.5 Å². The van der Waals surface area contributed by atoms with Gasteiger partial charge in [-0.15, -0.1) is 0 Å². The van der Waals surface area contributed by atoms with Crippen LogP contribution in [0.1, 0.15) is 26.3 Å². The highest BCUT2D eigenvalue weighted by molar-refractivity contribution is 6.44. The van der Waals surface area contributed by atoms with Crippen LogP contribution < -0.4 is 10.6 Å². The first kappa shape index (κ1) is 23.3. The molecule has 4 rings (SSSR count). The topological polar surface area (TPSA) is 72.3 Å². The van der Waals surface area contributed by atoms with Gasteiger partial charge in [-0.2, -0.15) is 9.69 Å². The molecule has 0 aliphatic rings. The van der Waals surface area contributed by atoms with Gasteiger partial charge in [0.15, 0.2) is 5.65 Å². The first-order chi connectivity index (χ1) is 15.7. The maximum absolute atomic E-state index is 13.8. The molecule has 0 unspecified atom stereocenters. The summed E-state index contributed by atoms with van der Waals surface area (Å²) in [5, 5.41) is 1.12. The van der Waals surface area contributed by atoms with Crippen molar-refractivity contribution in [3.05, 3.63) is 108 Å². The predicted octanol–water partition coefficient (Wildman–Crippen LogP) is 5.94. The molecule has 0 saturated heterocycles. The third-order valence-electron chi connectivity index (χ3n) is 4.86. The van der Waals surface area contributed by atoms with Gasteiger partial charge in [0.05, 0.1) is 31.2 Å². The Morgan fingerprint density at radius 3 is 1.79 bits per heavy atom. The number of carbonyl (C=O) groups excluding carboxylic acids is 2. The van der Waals surface area contributed by atoms with Crippen LogP contribution >= 0.6 is 46.4 Å². The minimum Gasteiger partial charge on any atom is -0.267 e. The second-order valence-corrected chi connectivity index (χ2v) is 8.60. The fourth-order valence-electron chi connectivity index (χ4n) is 3.33. The number of fused-ring (bicyclic) bond motifs is 1. The number of benzene rings is 2. The Morgan fingerprint density at radius 2 is 1.30 bits per heavy atom. The number of hydrogen-bond acceptors (Lipinski definition) is 4. The molecule has 166 valence electrons. The Morgan fingerprint density at radius 1 is 0.818 bits per heavy atom. The van der Waals surface area contributed by atoms with Gasteiger partial charge in [-0.1, -0.05) is 58.5 Å². The largest absolute Gasteiger partial charge is 0.283 e. The Kier molecular flexibility index (Phi) is 6.45. The fraction of sp³-hybridized carbons (Fsp3) is 0.0435. The number of pyridine rings is 2. The van der Waals surface area contributed by atoms with E-state index in [1.54, 1.807) is 37.3 Å². The van der Waals surface area contributed by atoms with Gasteiger partial charge >= 0.3 is 0 Å². The number of halogens is 4. The van der Waals surface area contributed by atoms with Crippen LogP contribution in [0.5, 0.6) is 0 Å². The van der Waals surface area contributed by atoms with Crippen molar-refractivity contribution in [3.63, 3.8) is 0 Å². The minimum atomic E-state index is -0.953. The maximum Gasteiger partial charge on any atom is 0.283 e. The molecule has 0 fully saturated rings. The smallest absolute Gasteiger partial charge is 0.267 e. The standard InChI is InChI=1S/C23H13Cl4N3O3/c1-12-11-13-5-4-10-28-20(13)29(21(12)31)30(22(32)18-14(24)6-2-7-15(18)25)23(33)19-16(26)8-3-9-17(19)27/h2-11H,1H3. The maximum atomic E-state index is 13.8. The molecule has 0 spiro atoms. The third-order valence-corrected chi connectivity index (χ3v) is 6.12. The summed E-state index contributed by atoms with van der Waals surface area (Å²) in [4.78, 5) is 45.1. The van der Waals surface area contributed by atoms with Crippen LogP contribution in [0.4, 0.5) is 0 Å². The normalized spacial score (nSPS) is 10.9. The fourth-order valence-corrected chi connectivity index (χ4v) is 4.45. The predicted molar refractivity (Wildman–Crippen MR) is 131 cm³/mol. The molecule has 6 nitrogen and oxygen atoms in total. The quantitative estimate of drug-likeness (QED) is 0.313. The van der Waals surface area contributed by atoms with Crippen LogP contribution in [0.3, 0.4) is 0 Å². The van der Waals surface area contributed by atoms with Gasteiger partial charge in [0, 0.05) is 17.1 Å². The molecule has 2 heterocycles. The molecule has 0 bridgehead atoms. The number of carbonyl (C=O) groups is 2. The second kappa shape index (κ2) is 9.15. The van der Waals surface area contributed by atoms with E-state index in [1.807, 2.05) is 0 Å². The van der Waals surface area contributed by atoms with E-state index in [4.69, 9.17) is 46.4 Å². The van der Waals surface area contributed by atoms with Gasteiger partial charge in [0.2, 0.25) is 0 Å². The molecular formula is C23H13Cl4N3O3. The van der Waals surface area contributed by atoms with E-state index in [0.717, 1.165) is 4.68 Å². The van der Waals surface area contributed by atoms with Crippen molar-refractivity contribution in [3.8, 4) is 0 Å². The summed E-state index contributed by atoms with van der Waals surface area (Å²) >= 11 is 25.0. The summed E-state index contributed by atoms with van der Waals surface area (Å²) in [7, 11) is 0. The van der Waals surface area contributed by atoms with Crippen LogP contribution in [0.15, 0.2) is 65.6 Å². The zero-order valence-electron chi connectivity index (χ0n) is 16.9. The lowest BCUT2D eigenvalue weighted by atomic mass is 10.1. The highest BCUT2D eigenvalue weighted by atomic mass is 35.5. The number of amides is 2. The molecule has 2 aromatic carbocycles. The van der Waals surface area contributed by atoms with Crippen molar-refractivity contribution in [2.75, 3.05) is 5.01 Å². The number of nitrogens with zero attached hydrogens (tertiary/aromatic N) is 3. The Labute approximate surface area is 207 Å². The molecule has 2 aromatic heterocycles. The summed E-state index contributed by atoms with van der Waals surface area (Å²) < 4.78 is 0.884.